The van der Waals surface area contributed by atoms with Gasteiger partial charge in [0.25, 0.3) is 0 Å². The maximum Gasteiger partial charge on any atom is -0.00262 e. The fraction of sp³-hybridized carbons (Fsp3) is 0.800. The molecule has 0 aromatic heterocycles. The number of unbranched alkanes of at least 4 members (excludes halogenated alkanes) is 5. The van der Waals surface area contributed by atoms with Crippen molar-refractivity contribution in [1.29, 1.82) is 0 Å². The quantitative estimate of drug-likeness (QED) is 0.561. The first kappa shape index (κ1) is 12.0. The van der Waals surface area contributed by atoms with E-state index in [1.165, 1.54) is 44.3 Å². The van der Waals surface area contributed by atoms with E-state index in [1.54, 1.807) is 0 Å². The summed E-state index contributed by atoms with van der Waals surface area (Å²) in [7, 11) is 0. The number of hydrogen-bond acceptors (Lipinski definition) is 2. The van der Waals surface area contributed by atoms with E-state index in [9.17, 15) is 0 Å². The molecule has 0 saturated carbocycles. The largest absolute Gasteiger partial charge is 0.330 e. The number of nitrogens with two attached hydrogens (primary N) is 1. The van der Waals surface area contributed by atoms with Crippen molar-refractivity contribution in [1.82, 2.24) is 0 Å². The Morgan fingerprint density at radius 1 is 1.00 bits per heavy atom. The highest BCUT2D eigenvalue weighted by Crippen LogP contribution is 2.09. The van der Waals surface area contributed by atoms with E-state index in [0.29, 0.717) is 0 Å². The third-order valence-electron chi connectivity index (χ3n) is 1.83. The van der Waals surface area contributed by atoms with Gasteiger partial charge in [0.05, 0.1) is 0 Å². The molecule has 12 heavy (non-hydrogen) atoms. The zero-order valence-corrected chi connectivity index (χ0v) is 8.74. The molecule has 0 fully saturated rings. The Labute approximate surface area is 80.8 Å². The van der Waals surface area contributed by atoms with Crippen molar-refractivity contribution >= 4 is 11.8 Å². The van der Waals surface area contributed by atoms with Gasteiger partial charge in [0.1, 0.15) is 0 Å². The van der Waals surface area contributed by atoms with Crippen LogP contribution in [0, 0.1) is 0 Å². The smallest absolute Gasteiger partial charge is 0.00262 e. The summed E-state index contributed by atoms with van der Waals surface area (Å²) in [5, 5.41) is 1.93. The van der Waals surface area contributed by atoms with Crippen molar-refractivity contribution in [2.75, 3.05) is 12.3 Å². The highest BCUT2D eigenvalue weighted by molar-refractivity contribution is 8.02. The Morgan fingerprint density at radius 2 is 1.58 bits per heavy atom. The van der Waals surface area contributed by atoms with Crippen LogP contribution in [0.5, 0.6) is 0 Å². The van der Waals surface area contributed by atoms with Crippen molar-refractivity contribution in [2.45, 2.75) is 38.5 Å². The minimum atomic E-state index is 0.853. The zero-order chi connectivity index (χ0) is 9.07. The van der Waals surface area contributed by atoms with Gasteiger partial charge in [0.2, 0.25) is 0 Å². The van der Waals surface area contributed by atoms with Gasteiger partial charge in [-0.3, -0.25) is 0 Å². The highest BCUT2D eigenvalue weighted by atomic mass is 32.2. The van der Waals surface area contributed by atoms with Crippen molar-refractivity contribution in [3.63, 3.8) is 0 Å². The predicted molar refractivity (Wildman–Crippen MR) is 59.4 cm³/mol. The van der Waals surface area contributed by atoms with E-state index in [4.69, 9.17) is 5.73 Å². The van der Waals surface area contributed by atoms with Crippen molar-refractivity contribution in [2.24, 2.45) is 5.73 Å². The first-order valence-electron chi connectivity index (χ1n) is 4.84. The van der Waals surface area contributed by atoms with Gasteiger partial charge in [0.15, 0.2) is 0 Å². The number of thioether (sulfide) groups is 1. The molecule has 0 unspecified atom stereocenters. The molecular formula is C10H21NS. The van der Waals surface area contributed by atoms with E-state index < -0.39 is 0 Å². The minimum absolute atomic E-state index is 0.853. The van der Waals surface area contributed by atoms with Gasteiger partial charge in [-0.15, -0.1) is 11.8 Å². The van der Waals surface area contributed by atoms with Crippen LogP contribution in [0.15, 0.2) is 12.0 Å². The third-order valence-corrected chi connectivity index (χ3v) is 2.59. The molecule has 0 spiro atoms. The SMILES string of the molecule is C=CSCCCCCCCCN. The predicted octanol–water partition coefficient (Wildman–Crippen LogP) is 3.16. The third kappa shape index (κ3) is 10.0. The summed E-state index contributed by atoms with van der Waals surface area (Å²) in [5.41, 5.74) is 5.39. The Hall–Kier alpha value is 0.0500. The Balaban J connectivity index is 2.77. The maximum atomic E-state index is 5.39. The molecule has 1 nitrogen and oxygen atoms in total. The molecule has 0 amide bonds. The van der Waals surface area contributed by atoms with Crippen molar-refractivity contribution < 1.29 is 0 Å². The fourth-order valence-electron chi connectivity index (χ4n) is 1.12. The van der Waals surface area contributed by atoms with Crippen LogP contribution in [-0.4, -0.2) is 12.3 Å². The molecular weight excluding hydrogens is 166 g/mol. The summed E-state index contributed by atoms with van der Waals surface area (Å²) in [5.74, 6) is 1.24. The summed E-state index contributed by atoms with van der Waals surface area (Å²) in [6.45, 7) is 4.52. The second kappa shape index (κ2) is 11.1. The van der Waals surface area contributed by atoms with Gasteiger partial charge in [-0.1, -0.05) is 32.3 Å². The molecule has 0 aliphatic carbocycles. The molecule has 0 heterocycles. The van der Waals surface area contributed by atoms with Gasteiger partial charge in [-0.25, -0.2) is 0 Å². The summed E-state index contributed by atoms with van der Waals surface area (Å²) in [4.78, 5) is 0. The Bertz CT molecular complexity index is 93.8. The van der Waals surface area contributed by atoms with Gasteiger partial charge < -0.3 is 5.73 Å². The summed E-state index contributed by atoms with van der Waals surface area (Å²) in [6.07, 6.45) is 7.94. The molecule has 0 aromatic carbocycles. The average molecular weight is 187 g/mol. The molecule has 72 valence electrons. The van der Waals surface area contributed by atoms with Crippen LogP contribution >= 0.6 is 11.8 Å². The number of hydrogen-bond donors (Lipinski definition) is 1. The van der Waals surface area contributed by atoms with Crippen LogP contribution in [0.25, 0.3) is 0 Å². The van der Waals surface area contributed by atoms with Crippen LogP contribution < -0.4 is 5.73 Å². The van der Waals surface area contributed by atoms with E-state index in [2.05, 4.69) is 6.58 Å². The average Bonchev–Trinajstić information content (AvgIpc) is 2.10. The molecule has 0 rings (SSSR count). The second-order valence-corrected chi connectivity index (χ2v) is 4.02. The van der Waals surface area contributed by atoms with Gasteiger partial charge in [0, 0.05) is 0 Å². The Morgan fingerprint density at radius 3 is 2.17 bits per heavy atom. The lowest BCUT2D eigenvalue weighted by Gasteiger charge is -1.99. The van der Waals surface area contributed by atoms with Crippen molar-refractivity contribution in [3.05, 3.63) is 12.0 Å². The second-order valence-electron chi connectivity index (χ2n) is 2.95. The van der Waals surface area contributed by atoms with Crippen LogP contribution in [-0.2, 0) is 0 Å². The summed E-state index contributed by atoms with van der Waals surface area (Å²) >= 11 is 1.82. The molecule has 0 aliphatic heterocycles. The Kier molecular flexibility index (Phi) is 11.1. The summed E-state index contributed by atoms with van der Waals surface area (Å²) < 4.78 is 0. The van der Waals surface area contributed by atoms with E-state index in [0.717, 1.165) is 6.54 Å². The van der Waals surface area contributed by atoms with E-state index in [-0.39, 0.29) is 0 Å². The molecule has 2 heteroatoms. The molecule has 0 atom stereocenters. The molecule has 0 bridgehead atoms. The van der Waals surface area contributed by atoms with E-state index >= 15 is 0 Å². The molecule has 0 aromatic rings. The first-order valence-corrected chi connectivity index (χ1v) is 5.89. The zero-order valence-electron chi connectivity index (χ0n) is 7.93. The normalized spacial score (nSPS) is 10.1. The highest BCUT2D eigenvalue weighted by Gasteiger charge is 1.89. The van der Waals surface area contributed by atoms with Gasteiger partial charge in [-0.2, -0.15) is 0 Å². The van der Waals surface area contributed by atoms with Crippen LogP contribution in [0.1, 0.15) is 38.5 Å². The monoisotopic (exact) mass is 187 g/mol. The molecule has 2 N–H and O–H groups in total. The lowest BCUT2D eigenvalue weighted by Crippen LogP contribution is -1.97. The lowest BCUT2D eigenvalue weighted by molar-refractivity contribution is 0.614. The standard InChI is InChI=1S/C10H21NS/c1-2-12-10-8-6-4-3-5-7-9-11/h2H,1,3-11H2. The molecule has 0 aliphatic rings. The molecule has 0 saturated heterocycles. The molecule has 0 radical (unpaired) electrons. The topological polar surface area (TPSA) is 26.0 Å². The van der Waals surface area contributed by atoms with Crippen LogP contribution in [0.2, 0.25) is 0 Å². The van der Waals surface area contributed by atoms with E-state index in [1.807, 2.05) is 17.2 Å². The minimum Gasteiger partial charge on any atom is -0.330 e. The van der Waals surface area contributed by atoms with Crippen molar-refractivity contribution in [3.8, 4) is 0 Å². The summed E-state index contributed by atoms with van der Waals surface area (Å²) in [6, 6.07) is 0. The van der Waals surface area contributed by atoms with Crippen LogP contribution in [0.3, 0.4) is 0 Å². The van der Waals surface area contributed by atoms with Gasteiger partial charge in [-0.05, 0) is 30.5 Å². The lowest BCUT2D eigenvalue weighted by atomic mass is 10.1. The maximum absolute atomic E-state index is 5.39. The van der Waals surface area contributed by atoms with Crippen LogP contribution in [0.4, 0.5) is 0 Å². The van der Waals surface area contributed by atoms with Gasteiger partial charge >= 0.3 is 0 Å². The number of rotatable bonds is 9. The fourth-order valence-corrected chi connectivity index (χ4v) is 1.66. The first-order chi connectivity index (χ1) is 5.91.